The van der Waals surface area contributed by atoms with E-state index in [-0.39, 0.29) is 5.97 Å². The number of ether oxygens (including phenoxy) is 2. The Balaban J connectivity index is 1.67. The van der Waals surface area contributed by atoms with E-state index in [2.05, 4.69) is 13.8 Å². The second kappa shape index (κ2) is 16.4. The minimum atomic E-state index is -0.322. The lowest BCUT2D eigenvalue weighted by Crippen LogP contribution is -2.08. The van der Waals surface area contributed by atoms with Gasteiger partial charge in [0.05, 0.1) is 12.2 Å². The molecule has 0 bridgehead atoms. The molecule has 0 fully saturated rings. The highest BCUT2D eigenvalue weighted by Gasteiger charge is 2.09. The molecule has 2 rings (SSSR count). The van der Waals surface area contributed by atoms with Gasteiger partial charge in [-0.15, -0.1) is 0 Å². The molecule has 0 radical (unpaired) electrons. The summed E-state index contributed by atoms with van der Waals surface area (Å²) in [7, 11) is 0. The average Bonchev–Trinajstić information content (AvgIpc) is 2.82. The van der Waals surface area contributed by atoms with Gasteiger partial charge in [-0.3, -0.25) is 0 Å². The van der Waals surface area contributed by atoms with Crippen LogP contribution in [0, 0.1) is 0 Å². The van der Waals surface area contributed by atoms with Crippen molar-refractivity contribution in [2.24, 2.45) is 0 Å². The van der Waals surface area contributed by atoms with Crippen molar-refractivity contribution < 1.29 is 14.3 Å². The van der Waals surface area contributed by atoms with Gasteiger partial charge in [-0.1, -0.05) is 90.2 Å². The second-order valence-corrected chi connectivity index (χ2v) is 8.69. The number of unbranched alkanes of at least 4 members (excludes halogenated alkanes) is 10. The number of carbonyl (C=O) groups is 1. The zero-order valence-corrected chi connectivity index (χ0v) is 20.2. The summed E-state index contributed by atoms with van der Waals surface area (Å²) in [6, 6.07) is 15.1. The maximum absolute atomic E-state index is 12.4. The molecule has 0 spiro atoms. The number of benzene rings is 2. The highest BCUT2D eigenvalue weighted by atomic mass is 16.5. The fourth-order valence-electron chi connectivity index (χ4n) is 3.76. The van der Waals surface area contributed by atoms with Crippen LogP contribution in [0.2, 0.25) is 0 Å². The van der Waals surface area contributed by atoms with E-state index in [1.807, 2.05) is 36.4 Å². The first-order valence-corrected chi connectivity index (χ1v) is 12.8. The van der Waals surface area contributed by atoms with E-state index in [1.165, 1.54) is 76.2 Å². The van der Waals surface area contributed by atoms with Crippen molar-refractivity contribution in [1.82, 2.24) is 0 Å². The molecule has 176 valence electrons. The fraction of sp³-hybridized carbons (Fsp3) is 0.552. The van der Waals surface area contributed by atoms with Gasteiger partial charge in [0.2, 0.25) is 0 Å². The molecule has 0 atom stereocenters. The monoisotopic (exact) mass is 438 g/mol. The van der Waals surface area contributed by atoms with Crippen LogP contribution in [0.15, 0.2) is 48.5 Å². The first-order chi connectivity index (χ1) is 15.7. The number of aryl methyl sites for hydroxylation is 1. The second-order valence-electron chi connectivity index (χ2n) is 8.69. The molecule has 0 aliphatic rings. The largest absolute Gasteiger partial charge is 0.494 e. The standard InChI is InChI=1S/C29H42O3/c1-3-5-7-9-11-13-15-25-16-18-26(19-17-25)29(30)32-28-22-20-27(21-23-28)31-24-14-12-10-8-6-4-2/h16-23H,3-15,24H2,1-2H3. The van der Waals surface area contributed by atoms with Crippen LogP contribution in [0.1, 0.15) is 107 Å². The van der Waals surface area contributed by atoms with Gasteiger partial charge in [-0.2, -0.15) is 0 Å². The first-order valence-electron chi connectivity index (χ1n) is 12.8. The van der Waals surface area contributed by atoms with Crippen LogP contribution in [-0.2, 0) is 6.42 Å². The highest BCUT2D eigenvalue weighted by molar-refractivity contribution is 5.91. The molecule has 3 heteroatoms. The third-order valence-corrected chi connectivity index (χ3v) is 5.81. The minimum Gasteiger partial charge on any atom is -0.494 e. The van der Waals surface area contributed by atoms with Crippen LogP contribution in [0.25, 0.3) is 0 Å². The Morgan fingerprint density at radius 3 is 1.78 bits per heavy atom. The SMILES string of the molecule is CCCCCCCCOc1ccc(OC(=O)c2ccc(CCCCCCCC)cc2)cc1. The molecule has 0 aromatic heterocycles. The van der Waals surface area contributed by atoms with Crippen molar-refractivity contribution in [3.8, 4) is 11.5 Å². The molecule has 2 aromatic carbocycles. The Labute approximate surface area is 195 Å². The van der Waals surface area contributed by atoms with Crippen molar-refractivity contribution >= 4 is 5.97 Å². The van der Waals surface area contributed by atoms with Crippen LogP contribution < -0.4 is 9.47 Å². The quantitative estimate of drug-likeness (QED) is 0.141. The van der Waals surface area contributed by atoms with Gasteiger partial charge >= 0.3 is 5.97 Å². The van der Waals surface area contributed by atoms with Gasteiger partial charge in [0.1, 0.15) is 11.5 Å². The molecule has 0 saturated heterocycles. The molecule has 0 heterocycles. The number of carbonyl (C=O) groups excluding carboxylic acids is 1. The summed E-state index contributed by atoms with van der Waals surface area (Å²) in [6.07, 6.45) is 16.3. The van der Waals surface area contributed by atoms with E-state index in [9.17, 15) is 4.79 Å². The number of hydrogen-bond donors (Lipinski definition) is 0. The lowest BCUT2D eigenvalue weighted by Gasteiger charge is -2.08. The lowest BCUT2D eigenvalue weighted by atomic mass is 10.0. The van der Waals surface area contributed by atoms with Gasteiger partial charge in [-0.05, 0) is 61.2 Å². The van der Waals surface area contributed by atoms with Crippen molar-refractivity contribution in [3.63, 3.8) is 0 Å². The smallest absolute Gasteiger partial charge is 0.343 e. The third-order valence-electron chi connectivity index (χ3n) is 5.81. The van der Waals surface area contributed by atoms with Crippen LogP contribution in [-0.4, -0.2) is 12.6 Å². The van der Waals surface area contributed by atoms with Gasteiger partial charge in [0, 0.05) is 0 Å². The number of esters is 1. The summed E-state index contributed by atoms with van der Waals surface area (Å²) >= 11 is 0. The fourth-order valence-corrected chi connectivity index (χ4v) is 3.76. The molecule has 0 aliphatic heterocycles. The summed E-state index contributed by atoms with van der Waals surface area (Å²) in [5.41, 5.74) is 1.86. The average molecular weight is 439 g/mol. The molecule has 2 aromatic rings. The molecule has 0 N–H and O–H groups in total. The third kappa shape index (κ3) is 10.8. The van der Waals surface area contributed by atoms with Gasteiger partial charge in [0.15, 0.2) is 0 Å². The molecular formula is C29H42O3. The van der Waals surface area contributed by atoms with E-state index in [0.29, 0.717) is 11.3 Å². The zero-order chi connectivity index (χ0) is 22.9. The molecule has 0 aliphatic carbocycles. The molecule has 3 nitrogen and oxygen atoms in total. The van der Waals surface area contributed by atoms with Crippen molar-refractivity contribution in [2.45, 2.75) is 97.3 Å². The summed E-state index contributed by atoms with van der Waals surface area (Å²) in [6.45, 7) is 5.21. The van der Waals surface area contributed by atoms with Gasteiger partial charge in [0.25, 0.3) is 0 Å². The Morgan fingerprint density at radius 2 is 1.16 bits per heavy atom. The van der Waals surface area contributed by atoms with Crippen molar-refractivity contribution in [1.29, 1.82) is 0 Å². The molecular weight excluding hydrogens is 396 g/mol. The molecule has 32 heavy (non-hydrogen) atoms. The number of rotatable bonds is 17. The predicted octanol–water partition coefficient (Wildman–Crippen LogP) is 8.55. The van der Waals surface area contributed by atoms with Crippen LogP contribution in [0.4, 0.5) is 0 Å². The first kappa shape index (κ1) is 26.0. The van der Waals surface area contributed by atoms with E-state index >= 15 is 0 Å². The normalized spacial score (nSPS) is 10.8. The van der Waals surface area contributed by atoms with Crippen molar-refractivity contribution in [3.05, 3.63) is 59.7 Å². The van der Waals surface area contributed by atoms with Gasteiger partial charge in [-0.25, -0.2) is 4.79 Å². The van der Waals surface area contributed by atoms with Crippen molar-refractivity contribution in [2.75, 3.05) is 6.61 Å². The predicted molar refractivity (Wildman–Crippen MR) is 134 cm³/mol. The zero-order valence-electron chi connectivity index (χ0n) is 20.2. The Kier molecular flexibility index (Phi) is 13.3. The highest BCUT2D eigenvalue weighted by Crippen LogP contribution is 2.20. The maximum Gasteiger partial charge on any atom is 0.343 e. The topological polar surface area (TPSA) is 35.5 Å². The van der Waals surface area contributed by atoms with E-state index in [1.54, 1.807) is 12.1 Å². The molecule has 0 unspecified atom stereocenters. The Hall–Kier alpha value is -2.29. The van der Waals surface area contributed by atoms with Gasteiger partial charge < -0.3 is 9.47 Å². The van der Waals surface area contributed by atoms with Crippen LogP contribution in [0.3, 0.4) is 0 Å². The number of hydrogen-bond acceptors (Lipinski definition) is 3. The Bertz CT molecular complexity index is 734. The maximum atomic E-state index is 12.4. The summed E-state index contributed by atoms with van der Waals surface area (Å²) < 4.78 is 11.3. The van der Waals surface area contributed by atoms with Crippen LogP contribution in [0.5, 0.6) is 11.5 Å². The molecule has 0 amide bonds. The lowest BCUT2D eigenvalue weighted by molar-refractivity contribution is 0.0734. The Morgan fingerprint density at radius 1 is 0.625 bits per heavy atom. The summed E-state index contributed by atoms with van der Waals surface area (Å²) in [5.74, 6) is 1.03. The molecule has 0 saturated carbocycles. The minimum absolute atomic E-state index is 0.322. The summed E-state index contributed by atoms with van der Waals surface area (Å²) in [4.78, 5) is 12.4. The van der Waals surface area contributed by atoms with Crippen LogP contribution >= 0.6 is 0 Å². The van der Waals surface area contributed by atoms with E-state index in [0.717, 1.165) is 25.2 Å². The van der Waals surface area contributed by atoms with E-state index < -0.39 is 0 Å². The summed E-state index contributed by atoms with van der Waals surface area (Å²) in [5, 5.41) is 0. The van der Waals surface area contributed by atoms with E-state index in [4.69, 9.17) is 9.47 Å².